The molecule has 2 aromatic carbocycles. The number of nitrogens with one attached hydrogen (secondary N) is 1. The highest BCUT2D eigenvalue weighted by atomic mass is 35.5. The Hall–Kier alpha value is -4.04. The summed E-state index contributed by atoms with van der Waals surface area (Å²) in [5, 5.41) is 24.6. The van der Waals surface area contributed by atoms with E-state index in [1.165, 1.54) is 44.3 Å². The number of nitriles is 1. The second-order valence-corrected chi connectivity index (χ2v) is 7.28. The second kappa shape index (κ2) is 8.84. The van der Waals surface area contributed by atoms with Crippen molar-refractivity contribution in [3.63, 3.8) is 0 Å². The molecule has 0 unspecified atom stereocenters. The van der Waals surface area contributed by atoms with Gasteiger partial charge in [-0.15, -0.1) is 0 Å². The fourth-order valence-electron chi connectivity index (χ4n) is 3.03. The smallest absolute Gasteiger partial charge is 0.435 e. The molecule has 2 N–H and O–H groups in total. The van der Waals surface area contributed by atoms with Gasteiger partial charge in [0.15, 0.2) is 5.69 Å². The van der Waals surface area contributed by atoms with Crippen LogP contribution < -0.4 is 10.2 Å². The number of aromatic nitrogens is 2. The number of benzene rings is 2. The molecule has 0 saturated carbocycles. The predicted octanol–water partition coefficient (Wildman–Crippen LogP) is 5.09. The Balaban J connectivity index is 2.14. The number of alkyl halides is 3. The molecular formula is C21H15ClF3N5O3. The zero-order chi connectivity index (χ0) is 24.5. The van der Waals surface area contributed by atoms with Crippen molar-refractivity contribution < 1.29 is 27.9 Å². The van der Waals surface area contributed by atoms with Gasteiger partial charge in [0, 0.05) is 13.1 Å². The molecule has 170 valence electrons. The summed E-state index contributed by atoms with van der Waals surface area (Å²) in [5.74, 6) is -0.995. The number of para-hydroxylation sites is 1. The Morgan fingerprint density at radius 2 is 1.91 bits per heavy atom. The molecule has 3 aromatic rings. The van der Waals surface area contributed by atoms with Crippen molar-refractivity contribution in [3.8, 4) is 11.8 Å². The zero-order valence-corrected chi connectivity index (χ0v) is 17.9. The highest BCUT2D eigenvalue weighted by Crippen LogP contribution is 2.33. The minimum absolute atomic E-state index is 0.00404. The Morgan fingerprint density at radius 3 is 2.48 bits per heavy atom. The zero-order valence-electron chi connectivity index (χ0n) is 17.1. The quantitative estimate of drug-likeness (QED) is 0.543. The Bertz CT molecular complexity index is 1300. The largest absolute Gasteiger partial charge is 0.465 e. The number of hydrogen-bond acceptors (Lipinski definition) is 4. The summed E-state index contributed by atoms with van der Waals surface area (Å²) in [4.78, 5) is 25.4. The van der Waals surface area contributed by atoms with Crippen LogP contribution in [0.15, 0.2) is 42.5 Å². The van der Waals surface area contributed by atoms with Gasteiger partial charge in [0.05, 0.1) is 33.7 Å². The number of aryl methyl sites for hydroxylation is 1. The van der Waals surface area contributed by atoms with Gasteiger partial charge in [0.2, 0.25) is 0 Å². The maximum absolute atomic E-state index is 13.4. The summed E-state index contributed by atoms with van der Waals surface area (Å²) in [5.41, 5.74) is -1.33. The van der Waals surface area contributed by atoms with Gasteiger partial charge in [-0.25, -0.2) is 9.48 Å². The van der Waals surface area contributed by atoms with Gasteiger partial charge < -0.3 is 10.4 Å². The number of carbonyl (C=O) groups excluding carboxylic acids is 1. The molecular weight excluding hydrogens is 463 g/mol. The first-order valence-corrected chi connectivity index (χ1v) is 9.56. The average molecular weight is 478 g/mol. The molecule has 12 heteroatoms. The third-order valence-electron chi connectivity index (χ3n) is 4.64. The molecule has 2 amide bonds. The van der Waals surface area contributed by atoms with Crippen LogP contribution in [-0.2, 0) is 6.18 Å². The summed E-state index contributed by atoms with van der Waals surface area (Å²) in [6, 6.07) is 11.0. The van der Waals surface area contributed by atoms with E-state index in [2.05, 4.69) is 10.4 Å². The highest BCUT2D eigenvalue weighted by molar-refractivity contribution is 6.32. The average Bonchev–Trinajstić information content (AvgIpc) is 3.20. The van der Waals surface area contributed by atoms with Crippen LogP contribution in [0.5, 0.6) is 0 Å². The molecule has 0 aliphatic carbocycles. The molecule has 0 aliphatic rings. The lowest BCUT2D eigenvalue weighted by Crippen LogP contribution is -2.26. The van der Waals surface area contributed by atoms with Gasteiger partial charge in [-0.3, -0.25) is 9.69 Å². The van der Waals surface area contributed by atoms with Crippen LogP contribution in [0.4, 0.5) is 29.3 Å². The summed E-state index contributed by atoms with van der Waals surface area (Å²) in [6.45, 7) is 1.52. The van der Waals surface area contributed by atoms with Crippen molar-refractivity contribution in [2.75, 3.05) is 17.3 Å². The molecule has 0 radical (unpaired) electrons. The second-order valence-electron chi connectivity index (χ2n) is 6.87. The lowest BCUT2D eigenvalue weighted by molar-refractivity contribution is -0.141. The Kier molecular flexibility index (Phi) is 6.32. The van der Waals surface area contributed by atoms with Crippen LogP contribution in [-0.4, -0.2) is 33.9 Å². The van der Waals surface area contributed by atoms with Crippen molar-refractivity contribution in [2.24, 2.45) is 0 Å². The maximum Gasteiger partial charge on any atom is 0.435 e. The molecule has 3 rings (SSSR count). The van der Waals surface area contributed by atoms with E-state index in [0.29, 0.717) is 11.6 Å². The summed E-state index contributed by atoms with van der Waals surface area (Å²) >= 11 is 6.10. The number of carbonyl (C=O) groups is 2. The fourth-order valence-corrected chi connectivity index (χ4v) is 3.25. The molecule has 0 fully saturated rings. The Labute approximate surface area is 190 Å². The maximum atomic E-state index is 13.4. The van der Waals surface area contributed by atoms with E-state index in [0.717, 1.165) is 9.58 Å². The fraction of sp³-hybridized carbons (Fsp3) is 0.143. The third-order valence-corrected chi connectivity index (χ3v) is 4.96. The topological polar surface area (TPSA) is 111 Å². The number of halogens is 4. The van der Waals surface area contributed by atoms with Crippen LogP contribution in [0.1, 0.15) is 27.3 Å². The van der Waals surface area contributed by atoms with E-state index in [4.69, 9.17) is 11.6 Å². The van der Waals surface area contributed by atoms with E-state index < -0.39 is 29.6 Å². The van der Waals surface area contributed by atoms with Crippen LogP contribution in [0.3, 0.4) is 0 Å². The van der Waals surface area contributed by atoms with Crippen molar-refractivity contribution in [1.29, 1.82) is 5.26 Å². The molecule has 0 saturated heterocycles. The summed E-state index contributed by atoms with van der Waals surface area (Å²) in [7, 11) is 1.20. The standard InChI is InChI=1S/C21H15ClF3N5O3/c1-11-7-12(10-26)8-15(29(2)20(32)33)18(11)27-19(31)16-9-17(21(23,24)25)28-30(16)14-6-4-3-5-13(14)22/h3-9H,1-2H3,(H,27,31)(H,32,33). The number of amides is 2. The first-order chi connectivity index (χ1) is 15.4. The van der Waals surface area contributed by atoms with E-state index in [9.17, 15) is 33.1 Å². The van der Waals surface area contributed by atoms with Crippen molar-refractivity contribution in [1.82, 2.24) is 9.78 Å². The van der Waals surface area contributed by atoms with Gasteiger partial charge in [0.1, 0.15) is 5.69 Å². The number of anilines is 2. The molecule has 8 nitrogen and oxygen atoms in total. The lowest BCUT2D eigenvalue weighted by atomic mass is 10.1. The van der Waals surface area contributed by atoms with Crippen LogP contribution in [0.25, 0.3) is 5.69 Å². The molecule has 0 bridgehead atoms. The minimum atomic E-state index is -4.83. The van der Waals surface area contributed by atoms with Crippen molar-refractivity contribution >= 4 is 35.0 Å². The molecule has 33 heavy (non-hydrogen) atoms. The van der Waals surface area contributed by atoms with Gasteiger partial charge in [-0.2, -0.15) is 23.5 Å². The van der Waals surface area contributed by atoms with Crippen LogP contribution >= 0.6 is 11.6 Å². The first kappa shape index (κ1) is 23.6. The van der Waals surface area contributed by atoms with E-state index in [-0.39, 0.29) is 27.6 Å². The first-order valence-electron chi connectivity index (χ1n) is 9.19. The van der Waals surface area contributed by atoms with Crippen LogP contribution in [0, 0.1) is 18.3 Å². The van der Waals surface area contributed by atoms with E-state index in [1.807, 2.05) is 6.07 Å². The third kappa shape index (κ3) is 4.75. The van der Waals surface area contributed by atoms with E-state index >= 15 is 0 Å². The lowest BCUT2D eigenvalue weighted by Gasteiger charge is -2.20. The number of nitrogens with zero attached hydrogens (tertiary/aromatic N) is 4. The minimum Gasteiger partial charge on any atom is -0.465 e. The normalized spacial score (nSPS) is 11.1. The van der Waals surface area contributed by atoms with E-state index in [1.54, 1.807) is 6.07 Å². The summed E-state index contributed by atoms with van der Waals surface area (Å²) in [6.07, 6.45) is -6.21. The highest BCUT2D eigenvalue weighted by Gasteiger charge is 2.36. The number of carboxylic acid groups (broad SMARTS) is 1. The van der Waals surface area contributed by atoms with Gasteiger partial charge in [-0.05, 0) is 36.8 Å². The Morgan fingerprint density at radius 1 is 1.24 bits per heavy atom. The molecule has 1 heterocycles. The number of rotatable bonds is 4. The van der Waals surface area contributed by atoms with Gasteiger partial charge in [-0.1, -0.05) is 23.7 Å². The molecule has 0 spiro atoms. The molecule has 1 aromatic heterocycles. The molecule has 0 aliphatic heterocycles. The van der Waals surface area contributed by atoms with Crippen molar-refractivity contribution in [3.05, 3.63) is 70.0 Å². The SMILES string of the molecule is Cc1cc(C#N)cc(N(C)C(=O)O)c1NC(=O)c1cc(C(F)(F)F)nn1-c1ccccc1Cl. The number of hydrogen-bond donors (Lipinski definition) is 2. The van der Waals surface area contributed by atoms with Gasteiger partial charge in [0.25, 0.3) is 5.91 Å². The predicted molar refractivity (Wildman–Crippen MR) is 114 cm³/mol. The van der Waals surface area contributed by atoms with Crippen molar-refractivity contribution in [2.45, 2.75) is 13.1 Å². The van der Waals surface area contributed by atoms with Crippen LogP contribution in [0.2, 0.25) is 5.02 Å². The monoisotopic (exact) mass is 477 g/mol. The molecule has 0 atom stereocenters. The van der Waals surface area contributed by atoms with Gasteiger partial charge >= 0.3 is 12.3 Å². The summed E-state index contributed by atoms with van der Waals surface area (Å²) < 4.78 is 40.8.